The maximum absolute atomic E-state index is 11.9. The van der Waals surface area contributed by atoms with Crippen LogP contribution in [0.5, 0.6) is 0 Å². The van der Waals surface area contributed by atoms with E-state index in [0.717, 1.165) is 18.9 Å². The number of ether oxygens (including phenoxy) is 1. The second kappa shape index (κ2) is 6.65. The van der Waals surface area contributed by atoms with Gasteiger partial charge < -0.3 is 4.74 Å². The van der Waals surface area contributed by atoms with E-state index in [2.05, 4.69) is 5.48 Å². The zero-order valence-corrected chi connectivity index (χ0v) is 11.3. The molecule has 7 nitrogen and oxygen atoms in total. The number of hydroxylamine groups is 1. The molecule has 0 spiro atoms. The fourth-order valence-corrected chi connectivity index (χ4v) is 1.99. The number of benzene rings is 1. The topological polar surface area (TPSA) is 90.7 Å². The third kappa shape index (κ3) is 3.66. The molecular weight excluding hydrogens is 288 g/mol. The smallest absolute Gasteiger partial charge is 0.283 e. The highest BCUT2D eigenvalue weighted by Gasteiger charge is 2.22. The van der Waals surface area contributed by atoms with E-state index < -0.39 is 17.1 Å². The van der Waals surface area contributed by atoms with Gasteiger partial charge in [-0.15, -0.1) is 0 Å². The molecule has 1 aromatic carbocycles. The highest BCUT2D eigenvalue weighted by molar-refractivity contribution is 6.31. The number of halogens is 1. The molecule has 1 aromatic rings. The minimum Gasteiger partial charge on any atom is -0.350 e. The second-order valence-corrected chi connectivity index (χ2v) is 4.70. The van der Waals surface area contributed by atoms with Gasteiger partial charge in [-0.05, 0) is 25.0 Å². The summed E-state index contributed by atoms with van der Waals surface area (Å²) in [6.45, 7) is 0.571. The Morgan fingerprint density at radius 3 is 2.95 bits per heavy atom. The van der Waals surface area contributed by atoms with Crippen LogP contribution in [-0.4, -0.2) is 23.7 Å². The first-order valence-electron chi connectivity index (χ1n) is 6.09. The van der Waals surface area contributed by atoms with Crippen LogP contribution in [-0.2, 0) is 9.57 Å². The lowest BCUT2D eigenvalue weighted by Gasteiger charge is -2.22. The molecule has 0 aromatic heterocycles. The van der Waals surface area contributed by atoms with Gasteiger partial charge in [-0.1, -0.05) is 11.6 Å². The zero-order chi connectivity index (χ0) is 14.5. The number of hydrogen-bond donors (Lipinski definition) is 1. The maximum Gasteiger partial charge on any atom is 0.283 e. The summed E-state index contributed by atoms with van der Waals surface area (Å²) in [5.41, 5.74) is 1.68. The molecule has 1 N–H and O–H groups in total. The van der Waals surface area contributed by atoms with Gasteiger partial charge in [0.1, 0.15) is 5.56 Å². The molecule has 20 heavy (non-hydrogen) atoms. The van der Waals surface area contributed by atoms with E-state index in [0.29, 0.717) is 13.0 Å². The standard InChI is InChI=1S/C12H13ClN2O5/c13-8-4-5-9(10(7-8)15(17)18)12(16)14-20-11-3-1-2-6-19-11/h4-5,7,11H,1-3,6H2,(H,14,16)/t11-/m0/s1. The van der Waals surface area contributed by atoms with Crippen molar-refractivity contribution in [1.29, 1.82) is 0 Å². The number of hydrogen-bond acceptors (Lipinski definition) is 5. The molecule has 1 aliphatic rings. The Morgan fingerprint density at radius 1 is 1.50 bits per heavy atom. The molecule has 8 heteroatoms. The Labute approximate surface area is 119 Å². The van der Waals surface area contributed by atoms with E-state index in [1.165, 1.54) is 12.1 Å². The molecule has 0 unspecified atom stereocenters. The normalized spacial score (nSPS) is 18.6. The van der Waals surface area contributed by atoms with Crippen molar-refractivity contribution in [2.75, 3.05) is 6.61 Å². The number of nitro benzene ring substituents is 1. The summed E-state index contributed by atoms with van der Waals surface area (Å²) >= 11 is 5.68. The van der Waals surface area contributed by atoms with Crippen LogP contribution in [0.2, 0.25) is 5.02 Å². The second-order valence-electron chi connectivity index (χ2n) is 4.26. The summed E-state index contributed by atoms with van der Waals surface area (Å²) in [7, 11) is 0. The summed E-state index contributed by atoms with van der Waals surface area (Å²) in [5.74, 6) is -0.706. The Bertz CT molecular complexity index is 517. The van der Waals surface area contributed by atoms with Crippen molar-refractivity contribution in [3.63, 3.8) is 0 Å². The van der Waals surface area contributed by atoms with Crippen LogP contribution in [0.4, 0.5) is 5.69 Å². The third-order valence-corrected chi connectivity index (χ3v) is 3.06. The number of nitro groups is 1. The van der Waals surface area contributed by atoms with E-state index in [-0.39, 0.29) is 16.3 Å². The van der Waals surface area contributed by atoms with Crippen LogP contribution in [0.25, 0.3) is 0 Å². The van der Waals surface area contributed by atoms with E-state index in [4.69, 9.17) is 21.2 Å². The van der Waals surface area contributed by atoms with Crippen LogP contribution in [0.3, 0.4) is 0 Å². The van der Waals surface area contributed by atoms with E-state index in [1.807, 2.05) is 0 Å². The number of nitrogens with one attached hydrogen (secondary N) is 1. The molecule has 1 aliphatic heterocycles. The molecule has 0 aliphatic carbocycles. The first kappa shape index (κ1) is 14.7. The molecule has 0 saturated carbocycles. The van der Waals surface area contributed by atoms with Gasteiger partial charge in [0, 0.05) is 24.1 Å². The number of amides is 1. The summed E-state index contributed by atoms with van der Waals surface area (Å²) in [6.07, 6.45) is 2.06. The van der Waals surface area contributed by atoms with E-state index in [9.17, 15) is 14.9 Å². The summed E-state index contributed by atoms with van der Waals surface area (Å²) in [6, 6.07) is 3.80. The van der Waals surface area contributed by atoms with E-state index >= 15 is 0 Å². The van der Waals surface area contributed by atoms with Crippen LogP contribution in [0.15, 0.2) is 18.2 Å². The molecule has 108 valence electrons. The highest BCUT2D eigenvalue weighted by Crippen LogP contribution is 2.23. The average Bonchev–Trinajstić information content (AvgIpc) is 2.45. The van der Waals surface area contributed by atoms with Crippen LogP contribution in [0, 0.1) is 10.1 Å². The molecule has 0 radical (unpaired) electrons. The average molecular weight is 301 g/mol. The minimum absolute atomic E-state index is 0.116. The third-order valence-electron chi connectivity index (χ3n) is 2.82. The summed E-state index contributed by atoms with van der Waals surface area (Å²) in [4.78, 5) is 27.2. The first-order chi connectivity index (χ1) is 9.58. The Hall–Kier alpha value is -1.70. The molecule has 1 fully saturated rings. The fourth-order valence-electron chi connectivity index (χ4n) is 1.83. The van der Waals surface area contributed by atoms with Crippen molar-refractivity contribution < 1.29 is 19.3 Å². The maximum atomic E-state index is 11.9. The Kier molecular flexibility index (Phi) is 4.89. The summed E-state index contributed by atoms with van der Waals surface area (Å²) in [5, 5.41) is 11.1. The van der Waals surface area contributed by atoms with Crippen molar-refractivity contribution in [2.24, 2.45) is 0 Å². The number of rotatable bonds is 4. The van der Waals surface area contributed by atoms with Crippen molar-refractivity contribution in [3.05, 3.63) is 38.9 Å². The van der Waals surface area contributed by atoms with Gasteiger partial charge in [-0.3, -0.25) is 14.9 Å². The molecule has 1 amide bonds. The predicted molar refractivity (Wildman–Crippen MR) is 70.2 cm³/mol. The zero-order valence-electron chi connectivity index (χ0n) is 10.5. The lowest BCUT2D eigenvalue weighted by atomic mass is 10.2. The minimum atomic E-state index is -0.706. The lowest BCUT2D eigenvalue weighted by Crippen LogP contribution is -2.33. The van der Waals surface area contributed by atoms with Crippen LogP contribution >= 0.6 is 11.6 Å². The van der Waals surface area contributed by atoms with Crippen molar-refractivity contribution in [1.82, 2.24) is 5.48 Å². The SMILES string of the molecule is O=C(NO[C@H]1CCCCO1)c1ccc(Cl)cc1[N+](=O)[O-]. The molecule has 1 saturated heterocycles. The Morgan fingerprint density at radius 2 is 2.30 bits per heavy atom. The fraction of sp³-hybridized carbons (Fsp3) is 0.417. The van der Waals surface area contributed by atoms with Gasteiger partial charge >= 0.3 is 0 Å². The molecule has 0 bridgehead atoms. The van der Waals surface area contributed by atoms with Crippen molar-refractivity contribution in [2.45, 2.75) is 25.6 Å². The summed E-state index contributed by atoms with van der Waals surface area (Å²) < 4.78 is 5.27. The number of carbonyl (C=O) groups is 1. The number of carbonyl (C=O) groups excluding carboxylic acids is 1. The largest absolute Gasteiger partial charge is 0.350 e. The molecular formula is C12H13ClN2O5. The molecule has 2 rings (SSSR count). The van der Waals surface area contributed by atoms with Gasteiger partial charge in [-0.25, -0.2) is 10.3 Å². The van der Waals surface area contributed by atoms with Crippen LogP contribution < -0.4 is 5.48 Å². The predicted octanol–water partition coefficient (Wildman–Crippen LogP) is 2.44. The lowest BCUT2D eigenvalue weighted by molar-refractivity contribution is -0.385. The monoisotopic (exact) mass is 300 g/mol. The van der Waals surface area contributed by atoms with Gasteiger partial charge in [0.15, 0.2) is 6.29 Å². The van der Waals surface area contributed by atoms with Gasteiger partial charge in [0.2, 0.25) is 0 Å². The molecule has 1 atom stereocenters. The van der Waals surface area contributed by atoms with Crippen LogP contribution in [0.1, 0.15) is 29.6 Å². The van der Waals surface area contributed by atoms with Gasteiger partial charge in [-0.2, -0.15) is 0 Å². The highest BCUT2D eigenvalue weighted by atomic mass is 35.5. The van der Waals surface area contributed by atoms with Crippen molar-refractivity contribution >= 4 is 23.2 Å². The Balaban J connectivity index is 2.03. The van der Waals surface area contributed by atoms with Gasteiger partial charge in [0.25, 0.3) is 11.6 Å². The van der Waals surface area contributed by atoms with Crippen molar-refractivity contribution in [3.8, 4) is 0 Å². The number of nitrogens with zero attached hydrogens (tertiary/aromatic N) is 1. The van der Waals surface area contributed by atoms with Gasteiger partial charge in [0.05, 0.1) is 4.92 Å². The first-order valence-corrected chi connectivity index (χ1v) is 6.47. The molecule has 1 heterocycles. The van der Waals surface area contributed by atoms with E-state index in [1.54, 1.807) is 0 Å². The quantitative estimate of drug-likeness (QED) is 0.681.